The highest BCUT2D eigenvalue weighted by Gasteiger charge is 2.78. The first kappa shape index (κ1) is 15.9. The van der Waals surface area contributed by atoms with Crippen molar-refractivity contribution in [1.82, 2.24) is 0 Å². The molecule has 102 valence electrons. The van der Waals surface area contributed by atoms with E-state index >= 15 is 0 Å². The third-order valence-corrected chi connectivity index (χ3v) is 1.25. The molecule has 0 aliphatic heterocycles. The third-order valence-electron chi connectivity index (χ3n) is 1.25. The van der Waals surface area contributed by atoms with Gasteiger partial charge in [-0.2, -0.15) is 30.7 Å². The normalized spacial score (nSPS) is 14.9. The summed E-state index contributed by atoms with van der Waals surface area (Å²) in [5.74, 6) is -13.7. The predicted octanol–water partition coefficient (Wildman–Crippen LogP) is 2.88. The number of ether oxygens (including phenoxy) is 1. The van der Waals surface area contributed by atoms with Gasteiger partial charge in [-0.3, -0.25) is 4.79 Å². The molecule has 0 aromatic carbocycles. The van der Waals surface area contributed by atoms with E-state index in [0.717, 1.165) is 0 Å². The summed E-state index contributed by atoms with van der Waals surface area (Å²) in [6, 6.07) is -4.23. The molecule has 0 saturated carbocycles. The van der Waals surface area contributed by atoms with Gasteiger partial charge in [0.1, 0.15) is 0 Å². The van der Waals surface area contributed by atoms with Crippen LogP contribution >= 0.6 is 0 Å². The number of carbonyl (C=O) groups is 1. The summed E-state index contributed by atoms with van der Waals surface area (Å²) in [4.78, 5) is 9.36. The van der Waals surface area contributed by atoms with E-state index in [-0.39, 0.29) is 0 Å². The second-order valence-electron chi connectivity index (χ2n) is 2.49. The van der Waals surface area contributed by atoms with Crippen molar-refractivity contribution in [3.05, 3.63) is 0 Å². The Balaban J connectivity index is 5.37. The van der Waals surface area contributed by atoms with Gasteiger partial charge in [0.25, 0.3) is 0 Å². The Hall–Kier alpha value is -1.07. The molecule has 2 nitrogen and oxygen atoms in total. The van der Waals surface area contributed by atoms with Crippen molar-refractivity contribution in [3.8, 4) is 0 Å². The molecule has 0 rings (SSSR count). The minimum absolute atomic E-state index is 1.44. The number of halogens is 10. The van der Waals surface area contributed by atoms with Crippen LogP contribution in [0.2, 0.25) is 0 Å². The largest absolute Gasteiger partial charge is 0.527 e. The average Bonchev–Trinajstić information content (AvgIpc) is 1.98. The number of hydrogen-bond acceptors (Lipinski definition) is 2. The van der Waals surface area contributed by atoms with E-state index in [9.17, 15) is 48.7 Å². The van der Waals surface area contributed by atoms with Gasteiger partial charge >= 0.3 is 30.4 Å². The summed E-state index contributed by atoms with van der Waals surface area (Å²) < 4.78 is 119. The molecular weight excluding hydrogens is 282 g/mol. The van der Waals surface area contributed by atoms with E-state index in [2.05, 4.69) is 0 Å². The maximum Gasteiger partial charge on any atom is 0.527 e. The van der Waals surface area contributed by atoms with Crippen LogP contribution in [0.1, 0.15) is 0 Å². The van der Waals surface area contributed by atoms with E-state index in [1.54, 1.807) is 0 Å². The Labute approximate surface area is 85.1 Å². The molecule has 0 atom stereocenters. The second kappa shape index (κ2) is 3.99. The Bertz CT molecular complexity index is 304. The van der Waals surface area contributed by atoms with Gasteiger partial charge in [0.15, 0.2) is 0 Å². The van der Waals surface area contributed by atoms with Crippen LogP contribution in [0, 0.1) is 0 Å². The molecule has 0 unspecified atom stereocenters. The summed E-state index contributed by atoms with van der Waals surface area (Å²) >= 11 is 0. The highest BCUT2D eigenvalue weighted by Crippen LogP contribution is 2.48. The second-order valence-corrected chi connectivity index (χ2v) is 2.49. The van der Waals surface area contributed by atoms with Gasteiger partial charge in [-0.1, -0.05) is 0 Å². The molecule has 0 spiro atoms. The zero-order valence-electron chi connectivity index (χ0n) is 7.10. The number of rotatable bonds is 4. The van der Waals surface area contributed by atoms with Gasteiger partial charge in [0, 0.05) is 0 Å². The molecule has 0 bridgehead atoms. The molecule has 0 saturated heterocycles. The lowest BCUT2D eigenvalue weighted by molar-refractivity contribution is -0.481. The molecular formula is C5F10O2. The maximum atomic E-state index is 12.2. The highest BCUT2D eigenvalue weighted by molar-refractivity contribution is 5.77. The molecule has 0 fully saturated rings. The minimum Gasteiger partial charge on any atom is -0.254 e. The average molecular weight is 282 g/mol. The summed E-state index contributed by atoms with van der Waals surface area (Å²) in [5, 5.41) is 0. The predicted molar refractivity (Wildman–Crippen MR) is 28.1 cm³/mol. The summed E-state index contributed by atoms with van der Waals surface area (Å²) in [6.07, 6.45) is -13.2. The summed E-state index contributed by atoms with van der Waals surface area (Å²) in [5.41, 5.74) is 0. The molecule has 0 aromatic rings. The van der Waals surface area contributed by atoms with Crippen molar-refractivity contribution >= 4 is 6.04 Å². The van der Waals surface area contributed by atoms with Crippen LogP contribution in [-0.2, 0) is 9.53 Å². The molecule has 0 aromatic heterocycles. The van der Waals surface area contributed by atoms with Gasteiger partial charge in [-0.05, 0) is 0 Å². The standard InChI is InChI=1S/C5F10O2/c6-1(16)2(7,8)3(9,10)4(11,12)17-5(13,14)15. The Morgan fingerprint density at radius 1 is 0.824 bits per heavy atom. The van der Waals surface area contributed by atoms with Gasteiger partial charge in [-0.25, -0.2) is 4.74 Å². The lowest BCUT2D eigenvalue weighted by atomic mass is 10.1. The molecule has 0 N–H and O–H groups in total. The monoisotopic (exact) mass is 282 g/mol. The number of hydrogen-bond donors (Lipinski definition) is 0. The van der Waals surface area contributed by atoms with Crippen LogP contribution in [0.4, 0.5) is 43.9 Å². The van der Waals surface area contributed by atoms with Crippen LogP contribution in [-0.4, -0.2) is 30.4 Å². The molecule has 0 radical (unpaired) electrons. The van der Waals surface area contributed by atoms with E-state index in [1.807, 2.05) is 0 Å². The van der Waals surface area contributed by atoms with Crippen LogP contribution in [0.15, 0.2) is 0 Å². The fourth-order valence-electron chi connectivity index (χ4n) is 0.516. The minimum atomic E-state index is -7.01. The lowest BCUT2D eigenvalue weighted by Crippen LogP contribution is -2.59. The molecule has 0 amide bonds. The molecule has 17 heavy (non-hydrogen) atoms. The van der Waals surface area contributed by atoms with Crippen molar-refractivity contribution in [1.29, 1.82) is 0 Å². The van der Waals surface area contributed by atoms with Crippen LogP contribution in [0.5, 0.6) is 0 Å². The van der Waals surface area contributed by atoms with Crippen molar-refractivity contribution in [2.24, 2.45) is 0 Å². The quantitative estimate of drug-likeness (QED) is 0.585. The Morgan fingerprint density at radius 2 is 1.18 bits per heavy atom. The van der Waals surface area contributed by atoms with Gasteiger partial charge in [0.05, 0.1) is 0 Å². The van der Waals surface area contributed by atoms with Crippen LogP contribution in [0.3, 0.4) is 0 Å². The number of carbonyl (C=O) groups excluding carboxylic acids is 1. The maximum absolute atomic E-state index is 12.2. The van der Waals surface area contributed by atoms with E-state index in [4.69, 9.17) is 0 Å². The molecule has 0 heterocycles. The highest BCUT2D eigenvalue weighted by atomic mass is 19.4. The zero-order valence-corrected chi connectivity index (χ0v) is 7.10. The first-order valence-corrected chi connectivity index (χ1v) is 3.25. The first-order chi connectivity index (χ1) is 7.15. The first-order valence-electron chi connectivity index (χ1n) is 3.25. The zero-order chi connectivity index (χ0) is 14.3. The topological polar surface area (TPSA) is 26.3 Å². The summed E-state index contributed by atoms with van der Waals surface area (Å²) in [6.45, 7) is 0. The lowest BCUT2D eigenvalue weighted by Gasteiger charge is -2.29. The van der Waals surface area contributed by atoms with Crippen molar-refractivity contribution in [2.75, 3.05) is 0 Å². The van der Waals surface area contributed by atoms with Crippen molar-refractivity contribution < 1.29 is 53.4 Å². The fraction of sp³-hybridized carbons (Fsp3) is 0.800. The molecule has 0 aliphatic rings. The van der Waals surface area contributed by atoms with E-state index in [1.165, 1.54) is 4.74 Å². The van der Waals surface area contributed by atoms with Gasteiger partial charge in [-0.15, -0.1) is 13.2 Å². The fourth-order valence-corrected chi connectivity index (χ4v) is 0.516. The van der Waals surface area contributed by atoms with E-state index in [0.29, 0.717) is 0 Å². The SMILES string of the molecule is O=C(F)C(F)(F)C(F)(F)C(F)(F)OC(F)(F)F. The van der Waals surface area contributed by atoms with Crippen LogP contribution < -0.4 is 0 Å². The molecule has 0 aliphatic carbocycles. The van der Waals surface area contributed by atoms with Crippen LogP contribution in [0.25, 0.3) is 0 Å². The van der Waals surface area contributed by atoms with Gasteiger partial charge in [0.2, 0.25) is 0 Å². The Kier molecular flexibility index (Phi) is 3.74. The van der Waals surface area contributed by atoms with Crippen molar-refractivity contribution in [2.45, 2.75) is 24.3 Å². The van der Waals surface area contributed by atoms with E-state index < -0.39 is 30.4 Å². The third kappa shape index (κ3) is 2.98. The number of alkyl halides is 9. The van der Waals surface area contributed by atoms with Crippen molar-refractivity contribution in [3.63, 3.8) is 0 Å². The Morgan fingerprint density at radius 3 is 1.41 bits per heavy atom. The van der Waals surface area contributed by atoms with Gasteiger partial charge < -0.3 is 0 Å². The summed E-state index contributed by atoms with van der Waals surface area (Å²) in [7, 11) is 0. The molecule has 12 heteroatoms. The smallest absolute Gasteiger partial charge is 0.254 e.